The molecule has 0 heterocycles. The van der Waals surface area contributed by atoms with Crippen LogP contribution in [-0.4, -0.2) is 29.2 Å². The lowest BCUT2D eigenvalue weighted by atomic mass is 9.96. The Morgan fingerprint density at radius 2 is 1.83 bits per heavy atom. The van der Waals surface area contributed by atoms with Gasteiger partial charge >= 0.3 is 12.0 Å². The highest BCUT2D eigenvalue weighted by Crippen LogP contribution is 2.17. The quantitative estimate of drug-likeness (QED) is 0.723. The molecule has 0 radical (unpaired) electrons. The second kappa shape index (κ2) is 9.18. The van der Waals surface area contributed by atoms with Gasteiger partial charge in [0, 0.05) is 18.5 Å². The molecule has 1 fully saturated rings. The fourth-order valence-corrected chi connectivity index (χ4v) is 3.08. The topological polar surface area (TPSA) is 78.4 Å². The van der Waals surface area contributed by atoms with E-state index in [4.69, 9.17) is 5.11 Å². The van der Waals surface area contributed by atoms with E-state index >= 15 is 0 Å². The Labute approximate surface area is 137 Å². The first-order valence-corrected chi connectivity index (χ1v) is 8.46. The van der Waals surface area contributed by atoms with E-state index in [-0.39, 0.29) is 24.5 Å². The first-order chi connectivity index (χ1) is 11.1. The molecule has 23 heavy (non-hydrogen) atoms. The maximum Gasteiger partial charge on any atom is 0.315 e. The molecule has 0 bridgehead atoms. The summed E-state index contributed by atoms with van der Waals surface area (Å²) in [5.74, 6) is -0.836. The summed E-state index contributed by atoms with van der Waals surface area (Å²) in [7, 11) is 0. The molecule has 1 aliphatic carbocycles. The zero-order valence-electron chi connectivity index (χ0n) is 13.5. The molecule has 5 nitrogen and oxygen atoms in total. The first-order valence-electron chi connectivity index (χ1n) is 8.46. The number of rotatable bonds is 7. The molecule has 1 atom stereocenters. The highest BCUT2D eigenvalue weighted by Gasteiger charge is 2.19. The number of carboxylic acid groups (broad SMARTS) is 1. The van der Waals surface area contributed by atoms with Gasteiger partial charge in [-0.05, 0) is 31.2 Å². The number of carbonyl (C=O) groups is 2. The number of amides is 2. The number of benzene rings is 1. The second-order valence-corrected chi connectivity index (χ2v) is 6.27. The third-order valence-electron chi connectivity index (χ3n) is 4.31. The van der Waals surface area contributed by atoms with Crippen molar-refractivity contribution in [2.24, 2.45) is 0 Å². The predicted molar refractivity (Wildman–Crippen MR) is 89.3 cm³/mol. The smallest absolute Gasteiger partial charge is 0.315 e. The highest BCUT2D eigenvalue weighted by molar-refractivity contribution is 5.74. The van der Waals surface area contributed by atoms with Gasteiger partial charge in [-0.25, -0.2) is 4.79 Å². The molecular formula is C18H26N2O3. The second-order valence-electron chi connectivity index (χ2n) is 6.27. The molecule has 2 rings (SSSR count). The summed E-state index contributed by atoms with van der Waals surface area (Å²) in [6.45, 7) is 0. The van der Waals surface area contributed by atoms with Crippen LogP contribution in [0.1, 0.15) is 50.5 Å². The van der Waals surface area contributed by atoms with Crippen molar-refractivity contribution in [3.8, 4) is 0 Å². The van der Waals surface area contributed by atoms with Gasteiger partial charge in [-0.1, -0.05) is 49.6 Å². The van der Waals surface area contributed by atoms with Crippen molar-refractivity contribution in [3.63, 3.8) is 0 Å². The van der Waals surface area contributed by atoms with Crippen molar-refractivity contribution >= 4 is 12.0 Å². The summed E-state index contributed by atoms with van der Waals surface area (Å²) in [6, 6.07) is 9.74. The SMILES string of the molecule is O=C(O)CCC(Cc1ccccc1)NC(=O)NC1CCCCC1. The Kier molecular flexibility index (Phi) is 6.91. The number of urea groups is 1. The third-order valence-corrected chi connectivity index (χ3v) is 4.31. The van der Waals surface area contributed by atoms with Gasteiger partial charge in [-0.15, -0.1) is 0 Å². The lowest BCUT2D eigenvalue weighted by molar-refractivity contribution is -0.137. The van der Waals surface area contributed by atoms with E-state index in [1.807, 2.05) is 30.3 Å². The van der Waals surface area contributed by atoms with Crippen molar-refractivity contribution < 1.29 is 14.7 Å². The lowest BCUT2D eigenvalue weighted by Crippen LogP contribution is -2.47. The van der Waals surface area contributed by atoms with Crippen LogP contribution >= 0.6 is 0 Å². The largest absolute Gasteiger partial charge is 0.481 e. The van der Waals surface area contributed by atoms with Crippen molar-refractivity contribution in [2.75, 3.05) is 0 Å². The summed E-state index contributed by atoms with van der Waals surface area (Å²) >= 11 is 0. The van der Waals surface area contributed by atoms with Crippen molar-refractivity contribution in [1.29, 1.82) is 0 Å². The van der Waals surface area contributed by atoms with E-state index < -0.39 is 5.97 Å². The minimum Gasteiger partial charge on any atom is -0.481 e. The van der Waals surface area contributed by atoms with E-state index in [1.165, 1.54) is 6.42 Å². The van der Waals surface area contributed by atoms with Gasteiger partial charge in [-0.2, -0.15) is 0 Å². The monoisotopic (exact) mass is 318 g/mol. The van der Waals surface area contributed by atoms with Gasteiger partial charge in [0.1, 0.15) is 0 Å². The lowest BCUT2D eigenvalue weighted by Gasteiger charge is -2.25. The Morgan fingerprint density at radius 3 is 2.48 bits per heavy atom. The number of aliphatic carboxylic acids is 1. The Balaban J connectivity index is 1.87. The van der Waals surface area contributed by atoms with Crippen LogP contribution in [0.15, 0.2) is 30.3 Å². The summed E-state index contributed by atoms with van der Waals surface area (Å²) < 4.78 is 0. The Hall–Kier alpha value is -2.04. The van der Waals surface area contributed by atoms with Crippen LogP contribution < -0.4 is 10.6 Å². The van der Waals surface area contributed by atoms with Gasteiger partial charge in [0.2, 0.25) is 0 Å². The average molecular weight is 318 g/mol. The summed E-state index contributed by atoms with van der Waals surface area (Å²) in [4.78, 5) is 23.0. The van der Waals surface area contributed by atoms with Crippen molar-refractivity contribution in [3.05, 3.63) is 35.9 Å². The Bertz CT molecular complexity index is 498. The summed E-state index contributed by atoms with van der Waals surface area (Å²) in [5.41, 5.74) is 1.10. The fraction of sp³-hybridized carbons (Fsp3) is 0.556. The molecule has 1 aliphatic rings. The zero-order chi connectivity index (χ0) is 16.5. The number of carboxylic acids is 1. The van der Waals surface area contributed by atoms with E-state index in [0.717, 1.165) is 31.2 Å². The van der Waals surface area contributed by atoms with Crippen LogP contribution in [0.2, 0.25) is 0 Å². The van der Waals surface area contributed by atoms with Crippen LogP contribution in [-0.2, 0) is 11.2 Å². The average Bonchev–Trinajstić information content (AvgIpc) is 2.54. The van der Waals surface area contributed by atoms with Crippen LogP contribution in [0.4, 0.5) is 4.79 Å². The van der Waals surface area contributed by atoms with Gasteiger partial charge < -0.3 is 15.7 Å². The zero-order valence-corrected chi connectivity index (χ0v) is 13.5. The van der Waals surface area contributed by atoms with Crippen LogP contribution in [0.25, 0.3) is 0 Å². The highest BCUT2D eigenvalue weighted by atomic mass is 16.4. The molecule has 2 amide bonds. The van der Waals surface area contributed by atoms with Crippen molar-refractivity contribution in [2.45, 2.75) is 63.5 Å². The van der Waals surface area contributed by atoms with Crippen LogP contribution in [0, 0.1) is 0 Å². The number of hydrogen-bond acceptors (Lipinski definition) is 2. The summed E-state index contributed by atoms with van der Waals surface area (Å²) in [5, 5.41) is 14.9. The molecular weight excluding hydrogens is 292 g/mol. The molecule has 0 spiro atoms. The molecule has 3 N–H and O–H groups in total. The molecule has 0 aromatic heterocycles. The fourth-order valence-electron chi connectivity index (χ4n) is 3.08. The first kappa shape index (κ1) is 17.3. The van der Waals surface area contributed by atoms with Gasteiger partial charge in [-0.3, -0.25) is 4.79 Å². The van der Waals surface area contributed by atoms with E-state index in [0.29, 0.717) is 12.8 Å². The minimum atomic E-state index is -0.836. The maximum absolute atomic E-state index is 12.2. The number of hydrogen-bond donors (Lipinski definition) is 3. The van der Waals surface area contributed by atoms with Gasteiger partial charge in [0.25, 0.3) is 0 Å². The molecule has 1 aromatic rings. The standard InChI is InChI=1S/C18H26N2O3/c21-17(22)12-11-16(13-14-7-3-1-4-8-14)20-18(23)19-15-9-5-2-6-10-15/h1,3-4,7-8,15-16H,2,5-6,9-13H2,(H,21,22)(H2,19,20,23). The molecule has 0 aliphatic heterocycles. The van der Waals surface area contributed by atoms with E-state index in [1.54, 1.807) is 0 Å². The molecule has 0 saturated heterocycles. The van der Waals surface area contributed by atoms with E-state index in [2.05, 4.69) is 10.6 Å². The number of carbonyl (C=O) groups excluding carboxylic acids is 1. The minimum absolute atomic E-state index is 0.0568. The molecule has 126 valence electrons. The summed E-state index contributed by atoms with van der Waals surface area (Å²) in [6.07, 6.45) is 6.78. The van der Waals surface area contributed by atoms with Crippen LogP contribution in [0.5, 0.6) is 0 Å². The molecule has 5 heteroatoms. The number of nitrogens with one attached hydrogen (secondary N) is 2. The molecule has 1 unspecified atom stereocenters. The maximum atomic E-state index is 12.2. The predicted octanol–water partition coefficient (Wildman–Crippen LogP) is 3.09. The van der Waals surface area contributed by atoms with Crippen molar-refractivity contribution in [1.82, 2.24) is 10.6 Å². The molecule has 1 aromatic carbocycles. The molecule has 1 saturated carbocycles. The van der Waals surface area contributed by atoms with Gasteiger partial charge in [0.05, 0.1) is 0 Å². The third kappa shape index (κ3) is 6.72. The Morgan fingerprint density at radius 1 is 1.13 bits per heavy atom. The van der Waals surface area contributed by atoms with E-state index in [9.17, 15) is 9.59 Å². The van der Waals surface area contributed by atoms with Gasteiger partial charge in [0.15, 0.2) is 0 Å². The normalized spacial score (nSPS) is 16.5. The van der Waals surface area contributed by atoms with Crippen LogP contribution in [0.3, 0.4) is 0 Å².